The van der Waals surface area contributed by atoms with Crippen molar-refractivity contribution in [1.29, 1.82) is 0 Å². The van der Waals surface area contributed by atoms with E-state index in [1.54, 1.807) is 0 Å². The highest BCUT2D eigenvalue weighted by atomic mass is 16.3. The SMILES string of the molecule is CCC(C)c1ccc(CNCC(CO)C(C)C)cc1. The molecule has 0 aliphatic carbocycles. The largest absolute Gasteiger partial charge is 0.396 e. The van der Waals surface area contributed by atoms with Crippen molar-refractivity contribution < 1.29 is 5.11 Å². The lowest BCUT2D eigenvalue weighted by molar-refractivity contribution is 0.186. The molecule has 0 aromatic heterocycles. The summed E-state index contributed by atoms with van der Waals surface area (Å²) in [6.45, 7) is 10.8. The molecule has 1 aromatic rings. The lowest BCUT2D eigenvalue weighted by atomic mass is 9.96. The van der Waals surface area contributed by atoms with Gasteiger partial charge in [-0.1, -0.05) is 52.0 Å². The van der Waals surface area contributed by atoms with Crippen molar-refractivity contribution in [3.63, 3.8) is 0 Å². The highest BCUT2D eigenvalue weighted by molar-refractivity contribution is 5.24. The van der Waals surface area contributed by atoms with Crippen molar-refractivity contribution in [2.75, 3.05) is 13.2 Å². The van der Waals surface area contributed by atoms with Gasteiger partial charge in [0.15, 0.2) is 0 Å². The van der Waals surface area contributed by atoms with Crippen LogP contribution in [0.2, 0.25) is 0 Å². The number of hydrogen-bond acceptors (Lipinski definition) is 2. The number of aliphatic hydroxyl groups is 1. The molecule has 19 heavy (non-hydrogen) atoms. The summed E-state index contributed by atoms with van der Waals surface area (Å²) in [6, 6.07) is 8.88. The predicted molar refractivity (Wildman–Crippen MR) is 82.3 cm³/mol. The monoisotopic (exact) mass is 263 g/mol. The van der Waals surface area contributed by atoms with E-state index in [2.05, 4.69) is 57.3 Å². The quantitative estimate of drug-likeness (QED) is 0.751. The third-order valence-corrected chi connectivity index (χ3v) is 4.07. The highest BCUT2D eigenvalue weighted by Crippen LogP contribution is 2.18. The van der Waals surface area contributed by atoms with Crippen LogP contribution in [0.4, 0.5) is 0 Å². The van der Waals surface area contributed by atoms with E-state index in [1.165, 1.54) is 17.5 Å². The average Bonchev–Trinajstić information content (AvgIpc) is 2.43. The maximum atomic E-state index is 9.28. The third kappa shape index (κ3) is 5.33. The molecule has 0 spiro atoms. The molecule has 0 heterocycles. The first-order valence-electron chi connectivity index (χ1n) is 7.48. The first-order chi connectivity index (χ1) is 9.08. The van der Waals surface area contributed by atoms with Crippen LogP contribution >= 0.6 is 0 Å². The second-order valence-electron chi connectivity index (χ2n) is 5.87. The number of rotatable bonds is 8. The van der Waals surface area contributed by atoms with Gasteiger partial charge in [-0.15, -0.1) is 0 Å². The van der Waals surface area contributed by atoms with Crippen molar-refractivity contribution in [3.05, 3.63) is 35.4 Å². The van der Waals surface area contributed by atoms with Crippen LogP contribution in [0.5, 0.6) is 0 Å². The van der Waals surface area contributed by atoms with E-state index in [4.69, 9.17) is 0 Å². The van der Waals surface area contributed by atoms with Crippen LogP contribution in [0.15, 0.2) is 24.3 Å². The van der Waals surface area contributed by atoms with E-state index >= 15 is 0 Å². The Labute approximate surface area is 118 Å². The molecule has 2 nitrogen and oxygen atoms in total. The van der Waals surface area contributed by atoms with Gasteiger partial charge in [-0.3, -0.25) is 0 Å². The predicted octanol–water partition coefficient (Wildman–Crippen LogP) is 3.55. The zero-order chi connectivity index (χ0) is 14.3. The van der Waals surface area contributed by atoms with Crippen molar-refractivity contribution in [1.82, 2.24) is 5.32 Å². The maximum absolute atomic E-state index is 9.28. The summed E-state index contributed by atoms with van der Waals surface area (Å²) in [5, 5.41) is 12.7. The number of hydrogen-bond donors (Lipinski definition) is 2. The Morgan fingerprint density at radius 2 is 1.74 bits per heavy atom. The van der Waals surface area contributed by atoms with Crippen LogP contribution in [-0.4, -0.2) is 18.3 Å². The van der Waals surface area contributed by atoms with Crippen LogP contribution in [-0.2, 0) is 6.54 Å². The van der Waals surface area contributed by atoms with Gasteiger partial charge in [0.2, 0.25) is 0 Å². The molecule has 108 valence electrons. The lowest BCUT2D eigenvalue weighted by Gasteiger charge is -2.18. The van der Waals surface area contributed by atoms with Crippen LogP contribution in [0.25, 0.3) is 0 Å². The maximum Gasteiger partial charge on any atom is 0.0473 e. The smallest absolute Gasteiger partial charge is 0.0473 e. The molecule has 2 atom stereocenters. The summed E-state index contributed by atoms with van der Waals surface area (Å²) in [5.74, 6) is 1.51. The third-order valence-electron chi connectivity index (χ3n) is 4.07. The van der Waals surface area contributed by atoms with Gasteiger partial charge in [0.25, 0.3) is 0 Å². The minimum Gasteiger partial charge on any atom is -0.396 e. The molecule has 0 fully saturated rings. The fourth-order valence-electron chi connectivity index (χ4n) is 2.11. The van der Waals surface area contributed by atoms with E-state index in [1.807, 2.05) is 0 Å². The summed E-state index contributed by atoms with van der Waals surface area (Å²) >= 11 is 0. The normalized spacial score (nSPS) is 14.6. The van der Waals surface area contributed by atoms with E-state index in [0.717, 1.165) is 13.1 Å². The van der Waals surface area contributed by atoms with Crippen molar-refractivity contribution >= 4 is 0 Å². The molecule has 0 saturated carbocycles. The molecular formula is C17H29NO. The topological polar surface area (TPSA) is 32.3 Å². The molecule has 0 amide bonds. The minimum atomic E-state index is 0.262. The van der Waals surface area contributed by atoms with Crippen LogP contribution < -0.4 is 5.32 Å². The molecule has 0 bridgehead atoms. The molecule has 1 aromatic carbocycles. The number of benzene rings is 1. The second kappa shape index (κ2) is 8.34. The van der Waals surface area contributed by atoms with Crippen LogP contribution in [0, 0.1) is 11.8 Å². The molecule has 0 radical (unpaired) electrons. The fourth-order valence-corrected chi connectivity index (χ4v) is 2.11. The summed E-state index contributed by atoms with van der Waals surface area (Å²) in [5.41, 5.74) is 2.73. The van der Waals surface area contributed by atoms with E-state index in [9.17, 15) is 5.11 Å². The molecular weight excluding hydrogens is 234 g/mol. The van der Waals surface area contributed by atoms with Crippen molar-refractivity contribution in [2.24, 2.45) is 11.8 Å². The van der Waals surface area contributed by atoms with Gasteiger partial charge in [-0.2, -0.15) is 0 Å². The Morgan fingerprint density at radius 1 is 1.11 bits per heavy atom. The zero-order valence-electron chi connectivity index (χ0n) is 12.8. The summed E-state index contributed by atoms with van der Waals surface area (Å²) in [4.78, 5) is 0. The van der Waals surface area contributed by atoms with E-state index in [-0.39, 0.29) is 6.61 Å². The Bertz CT molecular complexity index is 345. The number of nitrogens with one attached hydrogen (secondary N) is 1. The van der Waals surface area contributed by atoms with Crippen LogP contribution in [0.1, 0.15) is 51.2 Å². The zero-order valence-corrected chi connectivity index (χ0v) is 12.8. The first kappa shape index (κ1) is 16.2. The van der Waals surface area contributed by atoms with Crippen molar-refractivity contribution in [2.45, 2.75) is 46.6 Å². The fraction of sp³-hybridized carbons (Fsp3) is 0.647. The molecule has 1 rings (SSSR count). The van der Waals surface area contributed by atoms with Gasteiger partial charge >= 0.3 is 0 Å². The Balaban J connectivity index is 2.41. The molecule has 2 heteroatoms. The number of aliphatic hydroxyl groups excluding tert-OH is 1. The summed E-state index contributed by atoms with van der Waals surface area (Å²) in [6.07, 6.45) is 1.18. The molecule has 0 aliphatic heterocycles. The van der Waals surface area contributed by atoms with E-state index < -0.39 is 0 Å². The molecule has 0 saturated heterocycles. The summed E-state index contributed by atoms with van der Waals surface area (Å²) in [7, 11) is 0. The van der Waals surface area contributed by atoms with Gasteiger partial charge in [-0.05, 0) is 35.3 Å². The van der Waals surface area contributed by atoms with Gasteiger partial charge in [-0.25, -0.2) is 0 Å². The van der Waals surface area contributed by atoms with Gasteiger partial charge < -0.3 is 10.4 Å². The lowest BCUT2D eigenvalue weighted by Crippen LogP contribution is -2.28. The van der Waals surface area contributed by atoms with Gasteiger partial charge in [0.05, 0.1) is 0 Å². The summed E-state index contributed by atoms with van der Waals surface area (Å²) < 4.78 is 0. The first-order valence-corrected chi connectivity index (χ1v) is 7.48. The Kier molecular flexibility index (Phi) is 7.11. The molecule has 2 N–H and O–H groups in total. The second-order valence-corrected chi connectivity index (χ2v) is 5.87. The van der Waals surface area contributed by atoms with Gasteiger partial charge in [0, 0.05) is 19.7 Å². The average molecular weight is 263 g/mol. The molecule has 0 aliphatic rings. The minimum absolute atomic E-state index is 0.262. The molecule has 2 unspecified atom stereocenters. The van der Waals surface area contributed by atoms with Crippen LogP contribution in [0.3, 0.4) is 0 Å². The highest BCUT2D eigenvalue weighted by Gasteiger charge is 2.11. The Hall–Kier alpha value is -0.860. The standard InChI is InChI=1S/C17H29NO/c1-5-14(4)16-8-6-15(7-9-16)10-18-11-17(12-19)13(2)3/h6-9,13-14,17-19H,5,10-12H2,1-4H3. The van der Waals surface area contributed by atoms with E-state index in [0.29, 0.717) is 17.8 Å². The Morgan fingerprint density at radius 3 is 2.21 bits per heavy atom. The van der Waals surface area contributed by atoms with Gasteiger partial charge in [0.1, 0.15) is 0 Å². The van der Waals surface area contributed by atoms with Crippen molar-refractivity contribution in [3.8, 4) is 0 Å².